The number of fused-ring (bicyclic) bond motifs is 24. The smallest absolute Gasteiger partial charge is 0.159 e. The quantitative estimate of drug-likeness (QED) is 0.106. The molecule has 0 saturated heterocycles. The number of anilines is 9. The van der Waals surface area contributed by atoms with E-state index in [1.165, 1.54) is 22.3 Å². The van der Waals surface area contributed by atoms with Gasteiger partial charge in [-0.25, -0.2) is 0 Å². The van der Waals surface area contributed by atoms with Crippen LogP contribution in [0.15, 0.2) is 553 Å². The van der Waals surface area contributed by atoms with E-state index in [1.807, 2.05) is 109 Å². The second-order valence-corrected chi connectivity index (χ2v) is 37.1. The van der Waals surface area contributed by atoms with Gasteiger partial charge in [0.25, 0.3) is 0 Å². The van der Waals surface area contributed by atoms with Crippen LogP contribution in [0.25, 0.3) is 188 Å². The molecular weight excluding hydrogens is 1800 g/mol. The van der Waals surface area contributed by atoms with E-state index in [4.69, 9.17) is 27.5 Å². The van der Waals surface area contributed by atoms with E-state index in [-0.39, 0.29) is 0 Å². The Labute approximate surface area is 850 Å². The Kier molecular flexibility index (Phi) is 21.8. The van der Waals surface area contributed by atoms with Crippen molar-refractivity contribution in [2.24, 2.45) is 0 Å². The number of hydrogen-bond donors (Lipinski definition) is 0. The molecule has 0 radical (unpaired) electrons. The van der Waals surface area contributed by atoms with Crippen LogP contribution in [0.3, 0.4) is 0 Å². The summed E-state index contributed by atoms with van der Waals surface area (Å²) in [4.78, 5) is 6.98. The average molecular weight is 1890 g/mol. The summed E-state index contributed by atoms with van der Waals surface area (Å²) in [6.45, 7) is 0. The van der Waals surface area contributed by atoms with Gasteiger partial charge in [0.05, 0.1) is 11.4 Å². The van der Waals surface area contributed by atoms with E-state index < -0.39 is 0 Å². The van der Waals surface area contributed by atoms with Crippen molar-refractivity contribution < 1.29 is 27.5 Å². The summed E-state index contributed by atoms with van der Waals surface area (Å²) in [5, 5.41) is 6.73. The standard InChI is InChI=1S/2C48H31NO2.C42H27NO2/c1-2-12-33(13-3-1)37-14-4-8-18-44(37)49(35-25-22-32(23-26-35)34-24-29-48-43(30-34)41-17-7-11-21-47(41)51-48)36-27-28-38-39-15-5-9-19-45(39)50-46-20-10-6-16-40(46)42(38)31-36;1-2-11-35(12-3-1)49(37-28-23-33(24-29-37)38-16-10-17-43-41-14-5-9-20-47(41)51-48(38)43)36-26-21-32(22-27-36)34-25-30-39-40-13-4-7-18-45(40)50-46-19-8-6-15-42(46)44(39)31-34;1-2-11-28(12-3-1)29-21-23-30(24-22-29)43(38-17-10-16-36-34-14-5-9-20-41(34)45-42(36)38)31-25-26-32-33-13-4-7-18-39(33)44-40-19-8-6-15-35(40)37(32)27-31/h2*1-31H;1-27H. The highest BCUT2D eigenvalue weighted by Crippen LogP contribution is 2.56. The summed E-state index contributed by atoms with van der Waals surface area (Å²) >= 11 is 0. The number of hydrogen-bond acceptors (Lipinski definition) is 9. The molecule has 0 bridgehead atoms. The van der Waals surface area contributed by atoms with Crippen molar-refractivity contribution in [1.29, 1.82) is 0 Å². The Morgan fingerprint density at radius 2 is 0.401 bits per heavy atom. The van der Waals surface area contributed by atoms with E-state index in [1.54, 1.807) is 0 Å². The topological polar surface area (TPSA) is 76.8 Å². The molecule has 0 aliphatic carbocycles. The Bertz CT molecular complexity index is 9520. The highest BCUT2D eigenvalue weighted by Gasteiger charge is 2.30. The second kappa shape index (κ2) is 37.0. The molecule has 147 heavy (non-hydrogen) atoms. The third-order valence-corrected chi connectivity index (χ3v) is 28.5. The third-order valence-electron chi connectivity index (χ3n) is 28.5. The molecule has 9 nitrogen and oxygen atoms in total. The number of para-hydroxylation sites is 13. The zero-order valence-corrected chi connectivity index (χ0v) is 79.7. The van der Waals surface area contributed by atoms with Gasteiger partial charge in [-0.05, 0) is 248 Å². The third kappa shape index (κ3) is 15.9. The van der Waals surface area contributed by atoms with Crippen molar-refractivity contribution in [3.63, 3.8) is 0 Å². The van der Waals surface area contributed by atoms with E-state index in [0.717, 1.165) is 252 Å². The van der Waals surface area contributed by atoms with Gasteiger partial charge in [0.1, 0.15) is 62.4 Å². The molecule has 0 atom stereocenters. The van der Waals surface area contributed by atoms with Gasteiger partial charge in [-0.3, -0.25) is 0 Å². The second-order valence-electron chi connectivity index (χ2n) is 37.1. The number of nitrogens with zero attached hydrogens (tertiary/aromatic N) is 3. The van der Waals surface area contributed by atoms with Crippen molar-refractivity contribution in [1.82, 2.24) is 0 Å². The first kappa shape index (κ1) is 86.4. The summed E-state index contributed by atoms with van der Waals surface area (Å²) in [6.07, 6.45) is 0. The molecule has 0 N–H and O–H groups in total. The molecular formula is C138H89N3O6. The molecule has 692 valence electrons. The van der Waals surface area contributed by atoms with Gasteiger partial charge < -0.3 is 42.2 Å². The minimum atomic E-state index is 0.846. The zero-order chi connectivity index (χ0) is 97.2. The van der Waals surface area contributed by atoms with Gasteiger partial charge in [-0.15, -0.1) is 0 Å². The van der Waals surface area contributed by atoms with Crippen LogP contribution in [0.2, 0.25) is 0 Å². The van der Waals surface area contributed by atoms with Gasteiger partial charge in [0, 0.05) is 117 Å². The molecule has 3 aliphatic rings. The normalized spacial score (nSPS) is 11.7. The molecule has 26 aromatic rings. The van der Waals surface area contributed by atoms with E-state index >= 15 is 0 Å². The molecule has 23 aromatic carbocycles. The molecule has 0 fully saturated rings. The van der Waals surface area contributed by atoms with Crippen LogP contribution in [0.5, 0.6) is 34.5 Å². The minimum absolute atomic E-state index is 0.846. The fraction of sp³-hybridized carbons (Fsp3) is 0. The molecule has 3 aliphatic heterocycles. The maximum absolute atomic E-state index is 6.57. The van der Waals surface area contributed by atoms with Gasteiger partial charge >= 0.3 is 0 Å². The lowest BCUT2D eigenvalue weighted by atomic mass is 9.91. The van der Waals surface area contributed by atoms with Crippen LogP contribution in [0.1, 0.15) is 0 Å². The maximum Gasteiger partial charge on any atom is 0.159 e. The SMILES string of the molecule is c1ccc(-c2ccc(N(c3ccc4c(c3)-c3ccccc3Oc3ccccc3-4)c3cccc4c3oc3ccccc34)cc2)cc1.c1ccc(-c2ccccc2N(c2ccc(-c3ccc4oc5ccccc5c4c3)cc2)c2ccc3c(c2)-c2ccccc2Oc2ccccc2-3)cc1.c1ccc(N(c2ccc(-c3ccc4c(c3)-c3ccccc3Oc3ccccc3-4)cc2)c2ccc(-c3cccc4c3oc3ccccc34)cc2)cc1. The first-order valence-corrected chi connectivity index (χ1v) is 49.7. The predicted molar refractivity (Wildman–Crippen MR) is 605 cm³/mol. The summed E-state index contributed by atoms with van der Waals surface area (Å²) in [7, 11) is 0. The van der Waals surface area contributed by atoms with Gasteiger partial charge in [0.2, 0.25) is 0 Å². The first-order valence-electron chi connectivity index (χ1n) is 49.7. The number of furan rings is 3. The average Bonchev–Trinajstić information content (AvgIpc) is 1.66. The molecule has 29 rings (SSSR count). The lowest BCUT2D eigenvalue weighted by Gasteiger charge is -2.29. The van der Waals surface area contributed by atoms with Crippen LogP contribution in [-0.2, 0) is 0 Å². The Morgan fingerprint density at radius 3 is 0.891 bits per heavy atom. The van der Waals surface area contributed by atoms with Crippen molar-refractivity contribution >= 4 is 117 Å². The van der Waals surface area contributed by atoms with Gasteiger partial charge in [-0.2, -0.15) is 0 Å². The van der Waals surface area contributed by atoms with Gasteiger partial charge in [0.15, 0.2) is 5.58 Å². The molecule has 0 amide bonds. The van der Waals surface area contributed by atoms with Crippen molar-refractivity contribution in [2.75, 3.05) is 14.7 Å². The molecule has 3 aromatic heterocycles. The number of ether oxygens (including phenoxy) is 3. The number of benzene rings is 23. The summed E-state index contributed by atoms with van der Waals surface area (Å²) in [5.41, 5.74) is 39.8. The van der Waals surface area contributed by atoms with Crippen LogP contribution in [-0.4, -0.2) is 0 Å². The van der Waals surface area contributed by atoms with Crippen molar-refractivity contribution in [2.45, 2.75) is 0 Å². The summed E-state index contributed by atoms with van der Waals surface area (Å²) < 4.78 is 38.4. The van der Waals surface area contributed by atoms with Crippen LogP contribution < -0.4 is 28.9 Å². The van der Waals surface area contributed by atoms with Crippen molar-refractivity contribution in [3.05, 3.63) is 540 Å². The Morgan fingerprint density at radius 1 is 0.122 bits per heavy atom. The van der Waals surface area contributed by atoms with Gasteiger partial charge in [-0.1, -0.05) is 370 Å². The summed E-state index contributed by atoms with van der Waals surface area (Å²) in [5.74, 6) is 5.16. The van der Waals surface area contributed by atoms with E-state index in [0.29, 0.717) is 0 Å². The largest absolute Gasteiger partial charge is 0.456 e. The molecule has 6 heterocycles. The Balaban J connectivity index is 0.000000109. The zero-order valence-electron chi connectivity index (χ0n) is 79.7. The minimum Gasteiger partial charge on any atom is -0.456 e. The first-order chi connectivity index (χ1) is 72.9. The Hall–Kier alpha value is -19.7. The van der Waals surface area contributed by atoms with Crippen molar-refractivity contribution in [3.8, 4) is 157 Å². The molecule has 9 heteroatoms. The molecule has 0 spiro atoms. The van der Waals surface area contributed by atoms with E-state index in [2.05, 4.69) is 445 Å². The highest BCUT2D eigenvalue weighted by molar-refractivity contribution is 6.13. The van der Waals surface area contributed by atoms with Crippen LogP contribution in [0.4, 0.5) is 51.2 Å². The highest BCUT2D eigenvalue weighted by atomic mass is 16.5. The maximum atomic E-state index is 6.57. The fourth-order valence-electron chi connectivity index (χ4n) is 21.5. The van der Waals surface area contributed by atoms with Crippen LogP contribution in [0, 0.1) is 0 Å². The summed E-state index contributed by atoms with van der Waals surface area (Å²) in [6, 6.07) is 190. The molecule has 0 unspecified atom stereocenters. The molecule has 0 saturated carbocycles. The fourth-order valence-corrected chi connectivity index (χ4v) is 21.5. The lowest BCUT2D eigenvalue weighted by molar-refractivity contribution is 0.487. The predicted octanol–water partition coefficient (Wildman–Crippen LogP) is 39.8. The monoisotopic (exact) mass is 1880 g/mol. The lowest BCUT2D eigenvalue weighted by Crippen LogP contribution is -2.11. The number of rotatable bonds is 14. The van der Waals surface area contributed by atoms with E-state index in [9.17, 15) is 0 Å². The van der Waals surface area contributed by atoms with Crippen LogP contribution >= 0.6 is 0 Å².